The molecule has 1 N–H and O–H groups in total. The van der Waals surface area contributed by atoms with Crippen molar-refractivity contribution in [1.82, 2.24) is 4.72 Å². The molecule has 0 heterocycles. The van der Waals surface area contributed by atoms with Crippen LogP contribution >= 0.6 is 11.6 Å². The van der Waals surface area contributed by atoms with E-state index >= 15 is 0 Å². The van der Waals surface area contributed by atoms with Crippen LogP contribution in [0, 0.1) is 6.07 Å². The van der Waals surface area contributed by atoms with Gasteiger partial charge in [-0.1, -0.05) is 41.9 Å². The molecule has 0 aliphatic rings. The summed E-state index contributed by atoms with van der Waals surface area (Å²) < 4.78 is 26.6. The normalized spacial score (nSPS) is 11.4. The van der Waals surface area contributed by atoms with Crippen molar-refractivity contribution >= 4 is 21.6 Å². The van der Waals surface area contributed by atoms with Gasteiger partial charge in [-0.3, -0.25) is 0 Å². The zero-order valence-electron chi connectivity index (χ0n) is 10.1. The zero-order valence-corrected chi connectivity index (χ0v) is 11.7. The van der Waals surface area contributed by atoms with E-state index in [0.717, 1.165) is 5.56 Å². The molecule has 0 aliphatic carbocycles. The maximum atomic E-state index is 12.0. The lowest BCUT2D eigenvalue weighted by molar-refractivity contribution is 0.581. The van der Waals surface area contributed by atoms with Crippen LogP contribution in [-0.4, -0.2) is 15.0 Å². The van der Waals surface area contributed by atoms with Gasteiger partial charge < -0.3 is 0 Å². The van der Waals surface area contributed by atoms with Crippen LogP contribution in [0.2, 0.25) is 5.02 Å². The third kappa shape index (κ3) is 4.06. The molecule has 0 aromatic heterocycles. The zero-order chi connectivity index (χ0) is 13.7. The molecular weight excluding hydrogens is 282 g/mol. The van der Waals surface area contributed by atoms with Crippen LogP contribution in [0.3, 0.4) is 0 Å². The Morgan fingerprint density at radius 3 is 2.58 bits per heavy atom. The lowest BCUT2D eigenvalue weighted by Gasteiger charge is -2.07. The van der Waals surface area contributed by atoms with Gasteiger partial charge in [-0.2, -0.15) is 0 Å². The van der Waals surface area contributed by atoms with Gasteiger partial charge in [-0.05, 0) is 36.2 Å². The highest BCUT2D eigenvalue weighted by atomic mass is 35.5. The van der Waals surface area contributed by atoms with Crippen molar-refractivity contribution < 1.29 is 8.42 Å². The molecule has 0 bridgehead atoms. The largest absolute Gasteiger partial charge is 0.240 e. The van der Waals surface area contributed by atoms with E-state index in [-0.39, 0.29) is 4.90 Å². The average Bonchev–Trinajstić information content (AvgIpc) is 2.40. The van der Waals surface area contributed by atoms with Gasteiger partial charge in [0.1, 0.15) is 0 Å². The van der Waals surface area contributed by atoms with Gasteiger partial charge in [0.2, 0.25) is 10.0 Å². The number of nitrogens with one attached hydrogen (secondary N) is 1. The third-order valence-electron chi connectivity index (χ3n) is 2.60. The number of rotatable bonds is 5. The summed E-state index contributed by atoms with van der Waals surface area (Å²) in [7, 11) is -3.50. The van der Waals surface area contributed by atoms with Gasteiger partial charge in [-0.15, -0.1) is 0 Å². The first-order valence-corrected chi connectivity index (χ1v) is 7.64. The third-order valence-corrected chi connectivity index (χ3v) is 4.29. The Morgan fingerprint density at radius 2 is 1.89 bits per heavy atom. The van der Waals surface area contributed by atoms with Gasteiger partial charge in [0.05, 0.1) is 4.90 Å². The minimum atomic E-state index is -3.50. The topological polar surface area (TPSA) is 46.2 Å². The summed E-state index contributed by atoms with van der Waals surface area (Å²) in [6, 6.07) is 16.6. The van der Waals surface area contributed by atoms with Crippen molar-refractivity contribution in [3.63, 3.8) is 0 Å². The highest BCUT2D eigenvalue weighted by Crippen LogP contribution is 2.15. The molecule has 1 radical (unpaired) electrons. The quantitative estimate of drug-likeness (QED) is 0.921. The SMILES string of the molecule is O=S(=O)(NCCc1cc[c]cc1)c1cccc(Cl)c1. The van der Waals surface area contributed by atoms with Gasteiger partial charge in [0.15, 0.2) is 0 Å². The van der Waals surface area contributed by atoms with E-state index in [0.29, 0.717) is 18.0 Å². The summed E-state index contributed by atoms with van der Waals surface area (Å²) in [6.07, 6.45) is 0.633. The monoisotopic (exact) mass is 294 g/mol. The van der Waals surface area contributed by atoms with Gasteiger partial charge in [0, 0.05) is 11.6 Å². The predicted octanol–water partition coefficient (Wildman–Crippen LogP) is 2.66. The predicted molar refractivity (Wildman–Crippen MR) is 75.6 cm³/mol. The highest BCUT2D eigenvalue weighted by Gasteiger charge is 2.13. The van der Waals surface area contributed by atoms with Crippen LogP contribution in [0.5, 0.6) is 0 Å². The summed E-state index contributed by atoms with van der Waals surface area (Å²) in [4.78, 5) is 0.182. The molecule has 0 fully saturated rings. The summed E-state index contributed by atoms with van der Waals surface area (Å²) in [5.74, 6) is 0. The van der Waals surface area contributed by atoms with Crippen molar-refractivity contribution in [2.24, 2.45) is 0 Å². The molecule has 99 valence electrons. The second-order valence-electron chi connectivity index (χ2n) is 4.01. The molecule has 0 atom stereocenters. The average molecular weight is 295 g/mol. The molecule has 5 heteroatoms. The second kappa shape index (κ2) is 6.19. The summed E-state index contributed by atoms with van der Waals surface area (Å²) >= 11 is 5.79. The summed E-state index contributed by atoms with van der Waals surface area (Å²) in [5, 5.41) is 0.404. The number of benzene rings is 2. The van der Waals surface area contributed by atoms with Gasteiger partial charge in [0.25, 0.3) is 0 Å². The first-order chi connectivity index (χ1) is 9.08. The second-order valence-corrected chi connectivity index (χ2v) is 6.22. The van der Waals surface area contributed by atoms with E-state index in [4.69, 9.17) is 11.6 Å². The molecule has 0 amide bonds. The fourth-order valence-electron chi connectivity index (χ4n) is 1.64. The smallest absolute Gasteiger partial charge is 0.211 e. The molecule has 0 saturated carbocycles. The number of hydrogen-bond acceptors (Lipinski definition) is 2. The van der Waals surface area contributed by atoms with Crippen LogP contribution < -0.4 is 4.72 Å². The van der Waals surface area contributed by atoms with Crippen LogP contribution in [0.4, 0.5) is 0 Å². The van der Waals surface area contributed by atoms with E-state index in [2.05, 4.69) is 10.8 Å². The standard InChI is InChI=1S/C14H13ClNO2S/c15-13-7-4-8-14(11-13)19(17,18)16-10-9-12-5-2-1-3-6-12/h2-8,11,16H,9-10H2. The van der Waals surface area contributed by atoms with Crippen molar-refractivity contribution in [3.05, 3.63) is 65.2 Å². The van der Waals surface area contributed by atoms with Crippen LogP contribution in [0.1, 0.15) is 5.56 Å². The molecule has 0 aliphatic heterocycles. The molecule has 0 spiro atoms. The maximum absolute atomic E-state index is 12.0. The van der Waals surface area contributed by atoms with Gasteiger partial charge in [-0.25, -0.2) is 13.1 Å². The van der Waals surface area contributed by atoms with Crippen molar-refractivity contribution in [2.75, 3.05) is 6.54 Å². The van der Waals surface area contributed by atoms with E-state index in [9.17, 15) is 8.42 Å². The molecule has 2 rings (SSSR count). The van der Waals surface area contributed by atoms with Gasteiger partial charge >= 0.3 is 0 Å². The lowest BCUT2D eigenvalue weighted by Crippen LogP contribution is -2.25. The Balaban J connectivity index is 1.99. The van der Waals surface area contributed by atoms with Crippen molar-refractivity contribution in [2.45, 2.75) is 11.3 Å². The number of sulfonamides is 1. The minimum absolute atomic E-state index is 0.182. The summed E-state index contributed by atoms with van der Waals surface area (Å²) in [5.41, 5.74) is 1.06. The van der Waals surface area contributed by atoms with Crippen LogP contribution in [-0.2, 0) is 16.4 Å². The molecule has 19 heavy (non-hydrogen) atoms. The Bertz CT molecular complexity index is 642. The Kier molecular flexibility index (Phi) is 4.58. The molecule has 2 aromatic rings. The minimum Gasteiger partial charge on any atom is -0.211 e. The first-order valence-electron chi connectivity index (χ1n) is 5.78. The van der Waals surface area contributed by atoms with Crippen LogP contribution in [0.25, 0.3) is 0 Å². The summed E-state index contributed by atoms with van der Waals surface area (Å²) in [6.45, 7) is 0.346. The number of hydrogen-bond donors (Lipinski definition) is 1. The Labute approximate surface area is 118 Å². The molecule has 0 saturated heterocycles. The van der Waals surface area contributed by atoms with E-state index in [1.165, 1.54) is 12.1 Å². The van der Waals surface area contributed by atoms with Crippen LogP contribution in [0.15, 0.2) is 53.4 Å². The maximum Gasteiger partial charge on any atom is 0.240 e. The van der Waals surface area contributed by atoms with E-state index in [1.807, 2.05) is 12.1 Å². The number of halogens is 1. The highest BCUT2D eigenvalue weighted by molar-refractivity contribution is 7.89. The van der Waals surface area contributed by atoms with Crippen molar-refractivity contribution in [3.8, 4) is 0 Å². The molecular formula is C14H13ClNO2S. The van der Waals surface area contributed by atoms with Crippen molar-refractivity contribution in [1.29, 1.82) is 0 Å². The molecule has 0 unspecified atom stereocenters. The molecule has 3 nitrogen and oxygen atoms in total. The first kappa shape index (κ1) is 14.1. The van der Waals surface area contributed by atoms with E-state index < -0.39 is 10.0 Å². The molecule has 2 aromatic carbocycles. The Hall–Kier alpha value is -1.36. The van der Waals surface area contributed by atoms with E-state index in [1.54, 1.807) is 24.3 Å². The Morgan fingerprint density at radius 1 is 1.16 bits per heavy atom. The fraction of sp³-hybridized carbons (Fsp3) is 0.143. The lowest BCUT2D eigenvalue weighted by atomic mass is 10.2. The fourth-order valence-corrected chi connectivity index (χ4v) is 2.97.